The molecule has 0 bridgehead atoms. The van der Waals surface area contributed by atoms with Gasteiger partial charge in [0.1, 0.15) is 11.6 Å². The van der Waals surface area contributed by atoms with Crippen LogP contribution in [0.2, 0.25) is 0 Å². The molecule has 9 heteroatoms. The summed E-state index contributed by atoms with van der Waals surface area (Å²) in [6, 6.07) is 6.86. The number of aliphatic hydroxyl groups is 2. The van der Waals surface area contributed by atoms with Crippen molar-refractivity contribution in [3.63, 3.8) is 0 Å². The number of carbonyl (C=O) groups is 1. The SMILES string of the molecule is [2H]C([2H])([C@@H](O)CO)n1c(C(C)(C)CC)cc2cc(CC(=O)C3(c4ccc5c(c4)OC(F)(F)O5)C([2H])([2H])C3([2H])[2H])c(F)cc21. The van der Waals surface area contributed by atoms with Crippen molar-refractivity contribution >= 4 is 16.7 Å². The molecule has 1 saturated carbocycles. The van der Waals surface area contributed by atoms with Gasteiger partial charge in [-0.3, -0.25) is 4.79 Å². The Morgan fingerprint density at radius 1 is 1.22 bits per heavy atom. The number of fused-ring (bicyclic) bond motifs is 2. The Labute approximate surface area is 221 Å². The number of nitrogens with zero attached hydrogens (tertiary/aromatic N) is 1. The van der Waals surface area contributed by atoms with Crippen LogP contribution in [0.25, 0.3) is 10.9 Å². The number of halogens is 3. The zero-order valence-electron chi connectivity index (χ0n) is 26.4. The molecule has 2 heterocycles. The molecule has 37 heavy (non-hydrogen) atoms. The molecular weight excluding hydrogens is 487 g/mol. The van der Waals surface area contributed by atoms with Gasteiger partial charge in [0.25, 0.3) is 0 Å². The molecule has 0 radical (unpaired) electrons. The van der Waals surface area contributed by atoms with E-state index < -0.39 is 72.8 Å². The lowest BCUT2D eigenvalue weighted by Gasteiger charge is -2.26. The molecule has 0 spiro atoms. The van der Waals surface area contributed by atoms with E-state index in [4.69, 9.17) is 8.22 Å². The average molecular weight is 524 g/mol. The summed E-state index contributed by atoms with van der Waals surface area (Å²) in [5.74, 6) is -2.91. The number of aromatic nitrogens is 1. The van der Waals surface area contributed by atoms with Crippen molar-refractivity contribution < 1.29 is 45.9 Å². The molecule has 5 rings (SSSR count). The summed E-state index contributed by atoms with van der Waals surface area (Å²) in [5, 5.41) is 20.1. The first-order valence-corrected chi connectivity index (χ1v) is 11.8. The van der Waals surface area contributed by atoms with Crippen molar-refractivity contribution in [2.45, 2.75) is 76.1 Å². The Hall–Kier alpha value is -3.04. The van der Waals surface area contributed by atoms with Crippen molar-refractivity contribution in [1.29, 1.82) is 0 Å². The van der Waals surface area contributed by atoms with E-state index in [0.29, 0.717) is 12.1 Å². The van der Waals surface area contributed by atoms with Crippen LogP contribution in [0.15, 0.2) is 36.4 Å². The van der Waals surface area contributed by atoms with Gasteiger partial charge in [-0.2, -0.15) is 0 Å². The highest BCUT2D eigenvalue weighted by Gasteiger charge is 2.52. The van der Waals surface area contributed by atoms with Crippen LogP contribution < -0.4 is 9.47 Å². The highest BCUT2D eigenvalue weighted by atomic mass is 19.3. The van der Waals surface area contributed by atoms with Crippen molar-refractivity contribution in [3.05, 3.63) is 59.0 Å². The molecule has 0 saturated heterocycles. The van der Waals surface area contributed by atoms with Gasteiger partial charge in [0.15, 0.2) is 11.5 Å². The molecule has 1 fully saturated rings. The number of alkyl halides is 2. The first-order chi connectivity index (χ1) is 19.7. The standard InChI is InChI=1S/C28H30F3NO5/c1-4-26(2,3)24-10-17-9-16(20(29)13-21(17)32(24)14-19(34)15-33)11-25(35)27(7-8-27)18-5-6-22-23(12-18)37-28(30,31)36-22/h5-6,9-10,12-13,19,33-34H,4,7-8,11,14-15H2,1-3H3/t19-/m1/s1/i7D2,8D2,14D2. The van der Waals surface area contributed by atoms with Gasteiger partial charge >= 0.3 is 6.29 Å². The van der Waals surface area contributed by atoms with Gasteiger partial charge < -0.3 is 24.3 Å². The van der Waals surface area contributed by atoms with Crippen LogP contribution in [-0.4, -0.2) is 39.6 Å². The molecular formula is C28H30F3NO5. The fourth-order valence-corrected chi connectivity index (χ4v) is 4.42. The van der Waals surface area contributed by atoms with Gasteiger partial charge in [0, 0.05) is 28.4 Å². The van der Waals surface area contributed by atoms with Crippen molar-refractivity contribution in [1.82, 2.24) is 4.57 Å². The number of hydrogen-bond acceptors (Lipinski definition) is 5. The maximum Gasteiger partial charge on any atom is 0.586 e. The molecule has 2 aromatic carbocycles. The number of rotatable bonds is 9. The maximum atomic E-state index is 15.7. The van der Waals surface area contributed by atoms with Crippen molar-refractivity contribution in [2.75, 3.05) is 6.61 Å². The summed E-state index contributed by atoms with van der Waals surface area (Å²) in [7, 11) is 0. The minimum atomic E-state index is -4.00. The van der Waals surface area contributed by atoms with E-state index >= 15 is 4.39 Å². The van der Waals surface area contributed by atoms with Gasteiger partial charge in [-0.05, 0) is 60.6 Å². The third-order valence-electron chi connectivity index (χ3n) is 6.98. The maximum absolute atomic E-state index is 15.7. The lowest BCUT2D eigenvalue weighted by molar-refractivity contribution is -0.286. The largest absolute Gasteiger partial charge is 0.586 e. The first-order valence-electron chi connectivity index (χ1n) is 14.8. The Balaban J connectivity index is 1.61. The fraction of sp³-hybridized carbons (Fsp3) is 0.464. The lowest BCUT2D eigenvalue weighted by Crippen LogP contribution is -2.26. The Bertz CT molecular complexity index is 1630. The zero-order valence-corrected chi connectivity index (χ0v) is 20.4. The van der Waals surface area contributed by atoms with Gasteiger partial charge in [-0.15, -0.1) is 8.78 Å². The van der Waals surface area contributed by atoms with E-state index in [0.717, 1.165) is 28.8 Å². The van der Waals surface area contributed by atoms with Crippen LogP contribution in [0.1, 0.15) is 65.0 Å². The molecule has 3 aromatic rings. The molecule has 198 valence electrons. The van der Waals surface area contributed by atoms with E-state index in [-0.39, 0.29) is 27.8 Å². The Kier molecular flexibility index (Phi) is 4.52. The Morgan fingerprint density at radius 2 is 1.92 bits per heavy atom. The lowest BCUT2D eigenvalue weighted by atomic mass is 9.86. The third-order valence-corrected chi connectivity index (χ3v) is 6.98. The molecule has 2 aliphatic rings. The molecule has 6 nitrogen and oxygen atoms in total. The predicted molar refractivity (Wildman–Crippen MR) is 131 cm³/mol. The van der Waals surface area contributed by atoms with E-state index in [1.807, 2.05) is 20.8 Å². The zero-order chi connectivity index (χ0) is 32.1. The van der Waals surface area contributed by atoms with Crippen molar-refractivity contribution in [3.8, 4) is 11.5 Å². The van der Waals surface area contributed by atoms with Crippen LogP contribution in [0.3, 0.4) is 0 Å². The average Bonchev–Trinajstić information content (AvgIpc) is 3.24. The molecule has 1 aromatic heterocycles. The van der Waals surface area contributed by atoms with Gasteiger partial charge in [-0.1, -0.05) is 26.8 Å². The third kappa shape index (κ3) is 4.48. The van der Waals surface area contributed by atoms with Crippen LogP contribution in [0, 0.1) is 5.82 Å². The number of hydrogen-bond donors (Lipinski definition) is 2. The van der Waals surface area contributed by atoms with Crippen LogP contribution in [0.4, 0.5) is 13.2 Å². The normalized spacial score (nSPS) is 23.8. The number of Topliss-reactive ketones (excluding diaryl/α,β-unsaturated/α-hetero) is 1. The summed E-state index contributed by atoms with van der Waals surface area (Å²) in [4.78, 5) is 13.8. The van der Waals surface area contributed by atoms with Crippen LogP contribution in [0.5, 0.6) is 11.5 Å². The second-order valence-electron chi connectivity index (χ2n) is 9.86. The van der Waals surface area contributed by atoms with E-state index in [1.165, 1.54) is 6.07 Å². The second-order valence-corrected chi connectivity index (χ2v) is 9.86. The smallest absolute Gasteiger partial charge is 0.395 e. The number of aliphatic hydroxyl groups excluding tert-OH is 2. The Morgan fingerprint density at radius 3 is 2.57 bits per heavy atom. The predicted octanol–water partition coefficient (Wildman–Crippen LogP) is 4.99. The first kappa shape index (κ1) is 19.1. The number of ether oxygens (including phenoxy) is 2. The summed E-state index contributed by atoms with van der Waals surface area (Å²) in [5.41, 5.74) is -3.25. The van der Waals surface area contributed by atoms with E-state index in [9.17, 15) is 23.8 Å². The molecule has 0 unspecified atom stereocenters. The fourth-order valence-electron chi connectivity index (χ4n) is 4.42. The van der Waals surface area contributed by atoms with Crippen LogP contribution >= 0.6 is 0 Å². The summed E-state index contributed by atoms with van der Waals surface area (Å²) < 4.78 is 103. The van der Waals surface area contributed by atoms with Gasteiger partial charge in [0.2, 0.25) is 0 Å². The number of ketones is 1. The minimum absolute atomic E-state index is 0.0335. The molecule has 2 N–H and O–H groups in total. The summed E-state index contributed by atoms with van der Waals surface area (Å²) in [6.07, 6.45) is -11.7. The molecule has 1 aliphatic carbocycles. The minimum Gasteiger partial charge on any atom is -0.395 e. The summed E-state index contributed by atoms with van der Waals surface area (Å²) in [6.45, 7) is 2.04. The quantitative estimate of drug-likeness (QED) is 0.413. The topological polar surface area (TPSA) is 80.9 Å². The van der Waals surface area contributed by atoms with Crippen LogP contribution in [-0.2, 0) is 28.5 Å². The molecule has 1 atom stereocenters. The number of benzene rings is 2. The molecule has 0 amide bonds. The van der Waals surface area contributed by atoms with E-state index in [1.54, 1.807) is 6.07 Å². The highest BCUT2D eigenvalue weighted by Crippen LogP contribution is 2.52. The van der Waals surface area contributed by atoms with Gasteiger partial charge in [-0.25, -0.2) is 4.39 Å². The second kappa shape index (κ2) is 8.77. The van der Waals surface area contributed by atoms with E-state index in [2.05, 4.69) is 9.47 Å². The highest BCUT2D eigenvalue weighted by molar-refractivity contribution is 5.95. The van der Waals surface area contributed by atoms with Gasteiger partial charge in [0.05, 0.1) is 32.9 Å². The monoisotopic (exact) mass is 523 g/mol. The molecule has 1 aliphatic heterocycles. The summed E-state index contributed by atoms with van der Waals surface area (Å²) >= 11 is 0. The van der Waals surface area contributed by atoms with Crippen molar-refractivity contribution in [2.24, 2.45) is 0 Å². The number of carbonyl (C=O) groups excluding carboxylic acids is 1.